The van der Waals surface area contributed by atoms with E-state index in [1.807, 2.05) is 0 Å². The predicted molar refractivity (Wildman–Crippen MR) is 51.7 cm³/mol. The van der Waals surface area contributed by atoms with Crippen molar-refractivity contribution in [3.8, 4) is 0 Å². The highest BCUT2D eigenvalue weighted by Gasteiger charge is 2.11. The van der Waals surface area contributed by atoms with Gasteiger partial charge in [0.1, 0.15) is 0 Å². The van der Waals surface area contributed by atoms with Crippen LogP contribution in [-0.4, -0.2) is 8.42 Å². The van der Waals surface area contributed by atoms with E-state index in [0.717, 1.165) is 17.2 Å². The van der Waals surface area contributed by atoms with E-state index in [9.17, 15) is 8.42 Å². The summed E-state index contributed by atoms with van der Waals surface area (Å²) in [5.74, 6) is 0. The van der Waals surface area contributed by atoms with Gasteiger partial charge in [0, 0.05) is 6.20 Å². The highest BCUT2D eigenvalue weighted by Crippen LogP contribution is 2.15. The molecule has 1 aromatic rings. The molecule has 70 valence electrons. The summed E-state index contributed by atoms with van der Waals surface area (Å²) < 4.78 is 23.0. The molecule has 0 heterocycles. The molecule has 1 rings (SSSR count). The molecular formula is C9H11NO2S. The monoisotopic (exact) mass is 197 g/mol. The summed E-state index contributed by atoms with van der Waals surface area (Å²) in [5, 5.41) is 0.995. The van der Waals surface area contributed by atoms with Gasteiger partial charge in [0.15, 0.2) is 0 Å². The minimum Gasteiger partial charge on any atom is -0.404 e. The third-order valence-corrected chi connectivity index (χ3v) is 3.24. The van der Waals surface area contributed by atoms with Crippen LogP contribution in [0.2, 0.25) is 0 Å². The van der Waals surface area contributed by atoms with Crippen LogP contribution in [0.4, 0.5) is 0 Å². The van der Waals surface area contributed by atoms with Crippen molar-refractivity contribution in [2.75, 3.05) is 0 Å². The molecule has 3 nitrogen and oxygen atoms in total. The van der Waals surface area contributed by atoms with Crippen molar-refractivity contribution >= 4 is 9.84 Å². The fourth-order valence-corrected chi connectivity index (χ4v) is 2.19. The molecule has 0 spiro atoms. The number of rotatable bonds is 2. The molecule has 0 saturated heterocycles. The minimum atomic E-state index is -3.35. The topological polar surface area (TPSA) is 60.2 Å². The second-order valence-corrected chi connectivity index (χ2v) is 4.44. The Morgan fingerprint density at radius 2 is 1.92 bits per heavy atom. The number of hydrogen-bond donors (Lipinski definition) is 1. The Balaban J connectivity index is 3.31. The van der Waals surface area contributed by atoms with Gasteiger partial charge in [-0.05, 0) is 18.6 Å². The van der Waals surface area contributed by atoms with E-state index in [-0.39, 0.29) is 0 Å². The van der Waals surface area contributed by atoms with Gasteiger partial charge in [-0.3, -0.25) is 0 Å². The average molecular weight is 197 g/mol. The average Bonchev–Trinajstić information content (AvgIpc) is 2.04. The van der Waals surface area contributed by atoms with Gasteiger partial charge in [0.05, 0.1) is 10.3 Å². The van der Waals surface area contributed by atoms with Crippen LogP contribution in [0.15, 0.2) is 40.8 Å². The van der Waals surface area contributed by atoms with Crippen molar-refractivity contribution < 1.29 is 8.42 Å². The molecule has 13 heavy (non-hydrogen) atoms. The van der Waals surface area contributed by atoms with Crippen molar-refractivity contribution in [3.63, 3.8) is 0 Å². The molecule has 0 aromatic heterocycles. The maximum absolute atomic E-state index is 11.5. The van der Waals surface area contributed by atoms with Crippen molar-refractivity contribution in [3.05, 3.63) is 41.4 Å². The first kappa shape index (κ1) is 9.80. The van der Waals surface area contributed by atoms with Crippen molar-refractivity contribution in [2.45, 2.75) is 11.8 Å². The van der Waals surface area contributed by atoms with E-state index < -0.39 is 9.84 Å². The fraction of sp³-hybridized carbons (Fsp3) is 0.111. The maximum atomic E-state index is 11.5. The van der Waals surface area contributed by atoms with Crippen LogP contribution in [0.3, 0.4) is 0 Å². The van der Waals surface area contributed by atoms with Crippen molar-refractivity contribution in [2.24, 2.45) is 5.73 Å². The number of sulfone groups is 1. The molecule has 0 aliphatic heterocycles. The number of hydrogen-bond acceptors (Lipinski definition) is 3. The van der Waals surface area contributed by atoms with Gasteiger partial charge in [-0.2, -0.15) is 0 Å². The zero-order valence-corrected chi connectivity index (χ0v) is 8.08. The normalized spacial score (nSPS) is 12.1. The molecule has 0 atom stereocenters. The number of aryl methyl sites for hydroxylation is 1. The summed E-state index contributed by atoms with van der Waals surface area (Å²) in [6.45, 7) is 1.75. The molecule has 0 fully saturated rings. The van der Waals surface area contributed by atoms with Crippen LogP contribution in [0, 0.1) is 6.92 Å². The lowest BCUT2D eigenvalue weighted by molar-refractivity contribution is 0.604. The Hall–Kier alpha value is -1.29. The lowest BCUT2D eigenvalue weighted by Crippen LogP contribution is -1.99. The Morgan fingerprint density at radius 1 is 1.31 bits per heavy atom. The molecule has 1 aromatic carbocycles. The SMILES string of the molecule is Cc1ccccc1S(=O)(=O)C=CN. The molecular weight excluding hydrogens is 186 g/mol. The fourth-order valence-electron chi connectivity index (χ4n) is 1.05. The molecule has 4 heteroatoms. The lowest BCUT2D eigenvalue weighted by Gasteiger charge is -2.01. The first-order valence-corrected chi connectivity index (χ1v) is 5.31. The molecule has 2 N–H and O–H groups in total. The van der Waals surface area contributed by atoms with Crippen molar-refractivity contribution in [1.29, 1.82) is 0 Å². The van der Waals surface area contributed by atoms with Crippen LogP contribution in [0.25, 0.3) is 0 Å². The molecule has 0 aliphatic rings. The molecule has 0 unspecified atom stereocenters. The summed E-state index contributed by atoms with van der Waals surface area (Å²) in [7, 11) is -3.35. The van der Waals surface area contributed by atoms with Gasteiger partial charge in [-0.15, -0.1) is 0 Å². The third kappa shape index (κ3) is 2.09. The van der Waals surface area contributed by atoms with Crippen LogP contribution < -0.4 is 5.73 Å². The highest BCUT2D eigenvalue weighted by molar-refractivity contribution is 7.94. The van der Waals surface area contributed by atoms with Crippen LogP contribution >= 0.6 is 0 Å². The summed E-state index contributed by atoms with van der Waals surface area (Å²) >= 11 is 0. The predicted octanol–water partition coefficient (Wildman–Crippen LogP) is 1.20. The molecule has 0 radical (unpaired) electrons. The van der Waals surface area contributed by atoms with E-state index in [1.165, 1.54) is 0 Å². The lowest BCUT2D eigenvalue weighted by atomic mass is 10.2. The minimum absolute atomic E-state index is 0.303. The standard InChI is InChI=1S/C9H11NO2S/c1-8-4-2-3-5-9(8)13(11,12)7-6-10/h2-7H,10H2,1H3. The van der Waals surface area contributed by atoms with E-state index in [0.29, 0.717) is 4.90 Å². The third-order valence-electron chi connectivity index (χ3n) is 1.66. The molecule has 0 amide bonds. The quantitative estimate of drug-likeness (QED) is 0.775. The highest BCUT2D eigenvalue weighted by atomic mass is 32.2. The zero-order chi connectivity index (χ0) is 9.90. The zero-order valence-electron chi connectivity index (χ0n) is 7.27. The van der Waals surface area contributed by atoms with Crippen LogP contribution in [0.1, 0.15) is 5.56 Å². The molecule has 0 saturated carbocycles. The van der Waals surface area contributed by atoms with Gasteiger partial charge in [0.25, 0.3) is 0 Å². The summed E-state index contributed by atoms with van der Waals surface area (Å²) in [4.78, 5) is 0.303. The van der Waals surface area contributed by atoms with Gasteiger partial charge in [-0.1, -0.05) is 18.2 Å². The van der Waals surface area contributed by atoms with E-state index in [4.69, 9.17) is 5.73 Å². The first-order valence-electron chi connectivity index (χ1n) is 3.77. The van der Waals surface area contributed by atoms with Crippen molar-refractivity contribution in [1.82, 2.24) is 0 Å². The van der Waals surface area contributed by atoms with Crippen LogP contribution in [0.5, 0.6) is 0 Å². The van der Waals surface area contributed by atoms with Crippen LogP contribution in [-0.2, 0) is 9.84 Å². The molecule has 0 bridgehead atoms. The Bertz CT molecular complexity index is 421. The van der Waals surface area contributed by atoms with E-state index >= 15 is 0 Å². The van der Waals surface area contributed by atoms with Gasteiger partial charge < -0.3 is 5.73 Å². The second-order valence-electron chi connectivity index (χ2n) is 2.64. The largest absolute Gasteiger partial charge is 0.404 e. The Kier molecular flexibility index (Phi) is 2.72. The van der Waals surface area contributed by atoms with E-state index in [2.05, 4.69) is 0 Å². The molecule has 0 aliphatic carbocycles. The summed E-state index contributed by atoms with van der Waals surface area (Å²) in [6, 6.07) is 6.78. The number of nitrogens with two attached hydrogens (primary N) is 1. The van der Waals surface area contributed by atoms with Gasteiger partial charge >= 0.3 is 0 Å². The first-order chi connectivity index (χ1) is 6.08. The second kappa shape index (κ2) is 3.62. The number of benzene rings is 1. The van der Waals surface area contributed by atoms with Gasteiger partial charge in [-0.25, -0.2) is 8.42 Å². The summed E-state index contributed by atoms with van der Waals surface area (Å²) in [6.07, 6.45) is 1.03. The van der Waals surface area contributed by atoms with E-state index in [1.54, 1.807) is 31.2 Å². The summed E-state index contributed by atoms with van der Waals surface area (Å²) in [5.41, 5.74) is 5.77. The van der Waals surface area contributed by atoms with Gasteiger partial charge in [0.2, 0.25) is 9.84 Å². The smallest absolute Gasteiger partial charge is 0.201 e. The maximum Gasteiger partial charge on any atom is 0.201 e. The Labute approximate surface area is 77.8 Å². The Morgan fingerprint density at radius 3 is 2.46 bits per heavy atom.